The smallest absolute Gasteiger partial charge is 0.331 e. The molecule has 1 saturated carbocycles. The molecule has 2 aromatic carbocycles. The molecule has 0 spiro atoms. The molecule has 0 aromatic heterocycles. The highest BCUT2D eigenvalue weighted by atomic mass is 16.6. The maximum absolute atomic E-state index is 12.7. The quantitative estimate of drug-likeness (QED) is 0.260. The molecule has 0 radical (unpaired) electrons. The summed E-state index contributed by atoms with van der Waals surface area (Å²) >= 11 is 0. The molecule has 1 aliphatic carbocycles. The molecule has 1 N–H and O–H groups in total. The monoisotopic (exact) mass is 521 g/mol. The summed E-state index contributed by atoms with van der Waals surface area (Å²) in [6.45, 7) is 9.00. The van der Waals surface area contributed by atoms with Gasteiger partial charge in [-0.1, -0.05) is 49.8 Å². The number of benzene rings is 2. The van der Waals surface area contributed by atoms with Crippen molar-refractivity contribution in [3.63, 3.8) is 0 Å². The zero-order valence-electron chi connectivity index (χ0n) is 23.5. The normalized spacial score (nSPS) is 20.6. The molecule has 38 heavy (non-hydrogen) atoms. The fraction of sp³-hybridized carbons (Fsp3) is 0.531. The third kappa shape index (κ3) is 7.31. The first-order valence-electron chi connectivity index (χ1n) is 13.9. The minimum absolute atomic E-state index is 0.371. The third-order valence-corrected chi connectivity index (χ3v) is 7.50. The van der Waals surface area contributed by atoms with Gasteiger partial charge < -0.3 is 24.3 Å². The van der Waals surface area contributed by atoms with Gasteiger partial charge in [0, 0.05) is 30.5 Å². The van der Waals surface area contributed by atoms with Gasteiger partial charge in [0.25, 0.3) is 0 Å². The number of carbonyl (C=O) groups is 1. The minimum atomic E-state index is -0.744. The number of ether oxygens (including phenoxy) is 4. The van der Waals surface area contributed by atoms with Crippen molar-refractivity contribution in [3.8, 4) is 11.5 Å². The highest BCUT2D eigenvalue weighted by Gasteiger charge is 2.47. The minimum Gasteiger partial charge on any atom is -0.497 e. The SMILES string of the molecule is COc1ccc(CNc2ccc3c(c2)C(OCCC2CCCCC2)C(OC(=O)C=C(C)C)C(C)(C)O3)cc1. The van der Waals surface area contributed by atoms with Gasteiger partial charge in [-0.3, -0.25) is 0 Å². The Morgan fingerprint density at radius 3 is 2.50 bits per heavy atom. The van der Waals surface area contributed by atoms with Crippen molar-refractivity contribution < 1.29 is 23.7 Å². The van der Waals surface area contributed by atoms with Crippen molar-refractivity contribution in [2.45, 2.75) is 90.6 Å². The number of esters is 1. The summed E-state index contributed by atoms with van der Waals surface area (Å²) in [7, 11) is 1.67. The molecule has 6 nitrogen and oxygen atoms in total. The van der Waals surface area contributed by atoms with Crippen LogP contribution in [0.2, 0.25) is 0 Å². The van der Waals surface area contributed by atoms with Gasteiger partial charge in [-0.05, 0) is 75.9 Å². The van der Waals surface area contributed by atoms with E-state index in [0.29, 0.717) is 19.1 Å². The van der Waals surface area contributed by atoms with Crippen molar-refractivity contribution in [3.05, 3.63) is 65.2 Å². The lowest BCUT2D eigenvalue weighted by molar-refractivity contribution is -0.180. The zero-order chi connectivity index (χ0) is 27.1. The van der Waals surface area contributed by atoms with Crippen LogP contribution in [0.1, 0.15) is 83.5 Å². The Hall–Kier alpha value is -2.99. The summed E-state index contributed by atoms with van der Waals surface area (Å²) in [5.41, 5.74) is 3.16. The van der Waals surface area contributed by atoms with Crippen LogP contribution in [-0.2, 0) is 20.8 Å². The molecule has 1 heterocycles. The number of carbonyl (C=O) groups excluding carboxylic acids is 1. The van der Waals surface area contributed by atoms with Crippen LogP contribution in [0.3, 0.4) is 0 Å². The molecule has 0 bridgehead atoms. The molecule has 1 fully saturated rings. The van der Waals surface area contributed by atoms with Crippen LogP contribution in [0.25, 0.3) is 0 Å². The molecule has 0 amide bonds. The molecule has 1 aliphatic heterocycles. The summed E-state index contributed by atoms with van der Waals surface area (Å²) < 4.78 is 24.3. The van der Waals surface area contributed by atoms with Crippen LogP contribution < -0.4 is 14.8 Å². The van der Waals surface area contributed by atoms with Gasteiger partial charge in [-0.25, -0.2) is 4.79 Å². The maximum atomic E-state index is 12.7. The molecule has 2 unspecified atom stereocenters. The highest BCUT2D eigenvalue weighted by molar-refractivity contribution is 5.83. The number of rotatable bonds is 10. The lowest BCUT2D eigenvalue weighted by atomic mass is 9.86. The van der Waals surface area contributed by atoms with Gasteiger partial charge in [0.1, 0.15) is 23.2 Å². The van der Waals surface area contributed by atoms with Gasteiger partial charge >= 0.3 is 5.97 Å². The Morgan fingerprint density at radius 1 is 1.08 bits per heavy atom. The number of allylic oxidation sites excluding steroid dienone is 1. The summed E-state index contributed by atoms with van der Waals surface area (Å²) in [6, 6.07) is 14.1. The summed E-state index contributed by atoms with van der Waals surface area (Å²) in [4.78, 5) is 12.7. The number of hydrogen-bond donors (Lipinski definition) is 1. The van der Waals surface area contributed by atoms with E-state index in [1.165, 1.54) is 38.2 Å². The van der Waals surface area contributed by atoms with E-state index in [9.17, 15) is 4.79 Å². The Morgan fingerprint density at radius 2 is 1.82 bits per heavy atom. The fourth-order valence-corrected chi connectivity index (χ4v) is 5.40. The van der Waals surface area contributed by atoms with Gasteiger partial charge in [-0.2, -0.15) is 0 Å². The predicted molar refractivity (Wildman–Crippen MR) is 151 cm³/mol. The number of nitrogens with one attached hydrogen (secondary N) is 1. The summed E-state index contributed by atoms with van der Waals surface area (Å²) in [5.74, 6) is 1.94. The van der Waals surface area contributed by atoms with E-state index >= 15 is 0 Å². The van der Waals surface area contributed by atoms with E-state index < -0.39 is 17.8 Å². The molecule has 4 rings (SSSR count). The Labute approximate surface area is 227 Å². The zero-order valence-corrected chi connectivity index (χ0v) is 23.5. The van der Waals surface area contributed by atoms with Gasteiger partial charge in [0.2, 0.25) is 0 Å². The van der Waals surface area contributed by atoms with Crippen molar-refractivity contribution in [2.24, 2.45) is 5.92 Å². The highest BCUT2D eigenvalue weighted by Crippen LogP contribution is 2.45. The van der Waals surface area contributed by atoms with Crippen LogP contribution in [0.4, 0.5) is 5.69 Å². The van der Waals surface area contributed by atoms with Crippen LogP contribution in [0.15, 0.2) is 54.1 Å². The predicted octanol–water partition coefficient (Wildman–Crippen LogP) is 7.38. The average Bonchev–Trinajstić information content (AvgIpc) is 2.89. The summed E-state index contributed by atoms with van der Waals surface area (Å²) in [6.07, 6.45) is 8.06. The molecule has 206 valence electrons. The van der Waals surface area contributed by atoms with Crippen molar-refractivity contribution in [1.29, 1.82) is 0 Å². The Kier molecular flexibility index (Phi) is 9.37. The Bertz CT molecular complexity index is 1100. The first-order chi connectivity index (χ1) is 18.2. The lowest BCUT2D eigenvalue weighted by Crippen LogP contribution is -2.51. The van der Waals surface area contributed by atoms with Crippen LogP contribution in [0.5, 0.6) is 11.5 Å². The molecule has 2 aromatic rings. The van der Waals surface area contributed by atoms with Crippen molar-refractivity contribution >= 4 is 11.7 Å². The van der Waals surface area contributed by atoms with Crippen LogP contribution >= 0.6 is 0 Å². The van der Waals surface area contributed by atoms with Gasteiger partial charge in [0.05, 0.1) is 7.11 Å². The molecule has 0 saturated heterocycles. The first-order valence-corrected chi connectivity index (χ1v) is 13.9. The standard InChI is InChI=1S/C32H43NO5/c1-22(2)19-29(34)37-31-30(36-18-17-23-9-7-6-8-10-23)27-20-25(13-16-28(27)38-32(31,3)4)33-21-24-11-14-26(35-5)15-12-24/h11-16,19-20,23,30-31,33H,6-10,17-18,21H2,1-5H3. The third-order valence-electron chi connectivity index (χ3n) is 7.50. The molecular weight excluding hydrogens is 478 g/mol. The molecular formula is C32H43NO5. The fourth-order valence-electron chi connectivity index (χ4n) is 5.40. The van der Waals surface area contributed by atoms with Crippen molar-refractivity contribution in [1.82, 2.24) is 0 Å². The van der Waals surface area contributed by atoms with Gasteiger partial charge in [0.15, 0.2) is 6.10 Å². The van der Waals surface area contributed by atoms with E-state index in [1.807, 2.05) is 64.1 Å². The van der Waals surface area contributed by atoms with E-state index in [4.69, 9.17) is 18.9 Å². The lowest BCUT2D eigenvalue weighted by Gasteiger charge is -2.43. The first kappa shape index (κ1) is 28.0. The topological polar surface area (TPSA) is 66.0 Å². The van der Waals surface area contributed by atoms with E-state index in [1.54, 1.807) is 7.11 Å². The number of hydrogen-bond acceptors (Lipinski definition) is 6. The molecule has 2 aliphatic rings. The van der Waals surface area contributed by atoms with E-state index in [2.05, 4.69) is 11.4 Å². The number of anilines is 1. The largest absolute Gasteiger partial charge is 0.497 e. The number of methoxy groups -OCH3 is 1. The van der Waals surface area contributed by atoms with Crippen LogP contribution in [-0.4, -0.2) is 31.4 Å². The number of fused-ring (bicyclic) bond motifs is 1. The summed E-state index contributed by atoms with van der Waals surface area (Å²) in [5, 5.41) is 3.51. The second-order valence-electron chi connectivity index (χ2n) is 11.3. The van der Waals surface area contributed by atoms with Crippen molar-refractivity contribution in [2.75, 3.05) is 19.0 Å². The molecule has 6 heteroatoms. The second-order valence-corrected chi connectivity index (χ2v) is 11.3. The average molecular weight is 522 g/mol. The van der Waals surface area contributed by atoms with Gasteiger partial charge in [-0.15, -0.1) is 0 Å². The van der Waals surface area contributed by atoms with Crippen LogP contribution in [0, 0.1) is 5.92 Å². The maximum Gasteiger partial charge on any atom is 0.331 e. The Balaban J connectivity index is 1.55. The van der Waals surface area contributed by atoms with E-state index in [0.717, 1.165) is 40.3 Å². The van der Waals surface area contributed by atoms with E-state index in [-0.39, 0.29) is 5.97 Å². The molecule has 2 atom stereocenters. The second kappa shape index (κ2) is 12.7.